The molecule has 0 aromatic heterocycles. The van der Waals surface area contributed by atoms with Crippen molar-refractivity contribution in [2.24, 2.45) is 0 Å². The Morgan fingerprint density at radius 3 is 1.59 bits per heavy atom. The van der Waals surface area contributed by atoms with Gasteiger partial charge in [0.25, 0.3) is 0 Å². The van der Waals surface area contributed by atoms with Crippen molar-refractivity contribution >= 4 is 23.2 Å². The second-order valence-electron chi connectivity index (χ2n) is 5.30. The molecule has 3 aromatic carbocycles. The van der Waals surface area contributed by atoms with Crippen LogP contribution < -0.4 is 0 Å². The highest BCUT2D eigenvalue weighted by molar-refractivity contribution is 6.50. The molecule has 0 heterocycles. The minimum Gasteiger partial charge on any atom is -0.0909 e. The summed E-state index contributed by atoms with van der Waals surface area (Å²) in [6.45, 7) is 0. The minimum absolute atomic E-state index is 0.883. The SMILES string of the molecule is ClC(Cl)(c1ccccc1)c1ccc(Cc2ccccc2)cc1. The third kappa shape index (κ3) is 3.35. The second kappa shape index (κ2) is 6.56. The van der Waals surface area contributed by atoms with Gasteiger partial charge in [-0.2, -0.15) is 0 Å². The Morgan fingerprint density at radius 2 is 1.00 bits per heavy atom. The van der Waals surface area contributed by atoms with E-state index in [0.717, 1.165) is 17.5 Å². The molecule has 0 atom stereocenters. The second-order valence-corrected chi connectivity index (χ2v) is 6.63. The van der Waals surface area contributed by atoms with E-state index in [9.17, 15) is 0 Å². The molecule has 0 saturated carbocycles. The Kier molecular flexibility index (Phi) is 4.52. The lowest BCUT2D eigenvalue weighted by atomic mass is 9.99. The highest BCUT2D eigenvalue weighted by atomic mass is 35.5. The van der Waals surface area contributed by atoms with E-state index in [1.807, 2.05) is 48.5 Å². The van der Waals surface area contributed by atoms with E-state index in [0.29, 0.717) is 0 Å². The Morgan fingerprint density at radius 1 is 0.545 bits per heavy atom. The van der Waals surface area contributed by atoms with Gasteiger partial charge in [0.1, 0.15) is 0 Å². The number of alkyl halides is 2. The number of benzene rings is 3. The van der Waals surface area contributed by atoms with Crippen molar-refractivity contribution in [1.29, 1.82) is 0 Å². The van der Waals surface area contributed by atoms with Gasteiger partial charge in [-0.3, -0.25) is 0 Å². The molecule has 0 N–H and O–H groups in total. The van der Waals surface area contributed by atoms with Gasteiger partial charge in [0.2, 0.25) is 0 Å². The first-order valence-electron chi connectivity index (χ1n) is 7.23. The van der Waals surface area contributed by atoms with Gasteiger partial charge in [0.15, 0.2) is 4.33 Å². The summed E-state index contributed by atoms with van der Waals surface area (Å²) < 4.78 is -1.02. The van der Waals surface area contributed by atoms with Crippen LogP contribution in [0.1, 0.15) is 22.3 Å². The summed E-state index contributed by atoms with van der Waals surface area (Å²) in [5, 5.41) is 0. The van der Waals surface area contributed by atoms with Gasteiger partial charge in [-0.05, 0) is 28.7 Å². The van der Waals surface area contributed by atoms with Crippen LogP contribution in [-0.2, 0) is 10.8 Å². The fourth-order valence-electron chi connectivity index (χ4n) is 2.48. The largest absolute Gasteiger partial charge is 0.168 e. The van der Waals surface area contributed by atoms with Crippen molar-refractivity contribution in [2.45, 2.75) is 10.8 Å². The average Bonchev–Trinajstić information content (AvgIpc) is 2.57. The van der Waals surface area contributed by atoms with E-state index in [1.54, 1.807) is 0 Å². The molecule has 0 unspecified atom stereocenters. The zero-order valence-corrected chi connectivity index (χ0v) is 13.6. The van der Waals surface area contributed by atoms with Crippen molar-refractivity contribution in [3.8, 4) is 0 Å². The Balaban J connectivity index is 1.82. The van der Waals surface area contributed by atoms with E-state index in [1.165, 1.54) is 11.1 Å². The summed E-state index contributed by atoms with van der Waals surface area (Å²) in [4.78, 5) is 0. The maximum Gasteiger partial charge on any atom is 0.168 e. The number of halogens is 2. The van der Waals surface area contributed by atoms with E-state index in [2.05, 4.69) is 36.4 Å². The van der Waals surface area contributed by atoms with Gasteiger partial charge in [0.05, 0.1) is 0 Å². The smallest absolute Gasteiger partial charge is 0.0909 e. The fraction of sp³-hybridized carbons (Fsp3) is 0.100. The van der Waals surface area contributed by atoms with E-state index in [-0.39, 0.29) is 0 Å². The first-order chi connectivity index (χ1) is 10.7. The zero-order valence-electron chi connectivity index (χ0n) is 12.0. The summed E-state index contributed by atoms with van der Waals surface area (Å²) in [5.41, 5.74) is 4.31. The quantitative estimate of drug-likeness (QED) is 0.519. The average molecular weight is 327 g/mol. The predicted octanol–water partition coefficient (Wildman–Crippen LogP) is 5.96. The molecule has 3 aromatic rings. The van der Waals surface area contributed by atoms with E-state index in [4.69, 9.17) is 23.2 Å². The highest BCUT2D eigenvalue weighted by Crippen LogP contribution is 2.40. The van der Waals surface area contributed by atoms with Crippen molar-refractivity contribution < 1.29 is 0 Å². The van der Waals surface area contributed by atoms with Crippen LogP contribution in [0, 0.1) is 0 Å². The molecule has 0 aliphatic rings. The lowest BCUT2D eigenvalue weighted by Gasteiger charge is -2.21. The fourth-order valence-corrected chi connectivity index (χ4v) is 2.98. The summed E-state index contributed by atoms with van der Waals surface area (Å²) in [6, 6.07) is 28.3. The standard InChI is InChI=1S/C20H16Cl2/c21-20(22,18-9-5-2-6-10-18)19-13-11-17(12-14-19)15-16-7-3-1-4-8-16/h1-14H,15H2. The highest BCUT2D eigenvalue weighted by Gasteiger charge is 2.28. The number of hydrogen-bond acceptors (Lipinski definition) is 0. The van der Waals surface area contributed by atoms with Crippen LogP contribution in [0.5, 0.6) is 0 Å². The van der Waals surface area contributed by atoms with Crippen LogP contribution in [0.4, 0.5) is 0 Å². The Hall–Kier alpha value is -1.76. The molecular formula is C20H16Cl2. The number of hydrogen-bond donors (Lipinski definition) is 0. The van der Waals surface area contributed by atoms with Crippen LogP contribution in [-0.4, -0.2) is 0 Å². The van der Waals surface area contributed by atoms with Gasteiger partial charge >= 0.3 is 0 Å². The maximum absolute atomic E-state index is 6.56. The first-order valence-corrected chi connectivity index (χ1v) is 7.98. The molecule has 0 spiro atoms. The van der Waals surface area contributed by atoms with Gasteiger partial charge in [0, 0.05) is 0 Å². The molecular weight excluding hydrogens is 311 g/mol. The van der Waals surface area contributed by atoms with Crippen molar-refractivity contribution in [3.63, 3.8) is 0 Å². The van der Waals surface area contributed by atoms with E-state index >= 15 is 0 Å². The molecule has 0 nitrogen and oxygen atoms in total. The van der Waals surface area contributed by atoms with Crippen LogP contribution in [0.2, 0.25) is 0 Å². The molecule has 0 radical (unpaired) electrons. The summed E-state index contributed by atoms with van der Waals surface area (Å²) in [7, 11) is 0. The molecule has 22 heavy (non-hydrogen) atoms. The number of rotatable bonds is 4. The molecule has 0 amide bonds. The zero-order chi connectivity index (χ0) is 15.4. The lowest BCUT2D eigenvalue weighted by molar-refractivity contribution is 1.03. The third-order valence-corrected chi connectivity index (χ3v) is 4.58. The Bertz CT molecular complexity index is 717. The molecule has 0 bridgehead atoms. The van der Waals surface area contributed by atoms with Crippen LogP contribution in [0.25, 0.3) is 0 Å². The van der Waals surface area contributed by atoms with Crippen LogP contribution in [0.15, 0.2) is 84.9 Å². The lowest BCUT2D eigenvalue weighted by Crippen LogP contribution is -2.12. The monoisotopic (exact) mass is 326 g/mol. The van der Waals surface area contributed by atoms with Gasteiger partial charge in [-0.15, -0.1) is 0 Å². The molecule has 3 rings (SSSR count). The van der Waals surface area contributed by atoms with Gasteiger partial charge in [-0.1, -0.05) is 108 Å². The third-order valence-electron chi connectivity index (χ3n) is 3.70. The normalized spacial score (nSPS) is 11.4. The molecule has 2 heteroatoms. The summed E-state index contributed by atoms with van der Waals surface area (Å²) in [6.07, 6.45) is 0.907. The summed E-state index contributed by atoms with van der Waals surface area (Å²) in [5.74, 6) is 0. The van der Waals surface area contributed by atoms with Crippen molar-refractivity contribution in [3.05, 3.63) is 107 Å². The van der Waals surface area contributed by atoms with Crippen molar-refractivity contribution in [1.82, 2.24) is 0 Å². The van der Waals surface area contributed by atoms with Crippen LogP contribution in [0.3, 0.4) is 0 Å². The molecule has 0 fully saturated rings. The molecule has 0 saturated heterocycles. The van der Waals surface area contributed by atoms with Crippen LogP contribution >= 0.6 is 23.2 Å². The predicted molar refractivity (Wildman–Crippen MR) is 94.6 cm³/mol. The van der Waals surface area contributed by atoms with Gasteiger partial charge < -0.3 is 0 Å². The Labute approximate surface area is 141 Å². The molecule has 110 valence electrons. The molecule has 0 aliphatic carbocycles. The summed E-state index contributed by atoms with van der Waals surface area (Å²) >= 11 is 13.1. The van der Waals surface area contributed by atoms with Crippen molar-refractivity contribution in [2.75, 3.05) is 0 Å². The van der Waals surface area contributed by atoms with E-state index < -0.39 is 4.33 Å². The molecule has 0 aliphatic heterocycles. The minimum atomic E-state index is -1.02. The maximum atomic E-state index is 6.56. The van der Waals surface area contributed by atoms with Gasteiger partial charge in [-0.25, -0.2) is 0 Å². The first kappa shape index (κ1) is 15.1. The topological polar surface area (TPSA) is 0 Å².